The summed E-state index contributed by atoms with van der Waals surface area (Å²) in [5.74, 6) is -3.39. The number of rotatable bonds is 6. The molecule has 1 heterocycles. The summed E-state index contributed by atoms with van der Waals surface area (Å²) in [5, 5.41) is 0.739. The predicted molar refractivity (Wildman–Crippen MR) is 102 cm³/mol. The van der Waals surface area contributed by atoms with Gasteiger partial charge in [0.1, 0.15) is 0 Å². The highest BCUT2D eigenvalue weighted by molar-refractivity contribution is 7.91. The van der Waals surface area contributed by atoms with Gasteiger partial charge in [-0.25, -0.2) is 8.42 Å². The van der Waals surface area contributed by atoms with Gasteiger partial charge in [0.2, 0.25) is 9.84 Å². The minimum atomic E-state index is -4.53. The first-order valence-electron chi connectivity index (χ1n) is 8.65. The van der Waals surface area contributed by atoms with Crippen LogP contribution in [-0.2, 0) is 22.9 Å². The highest BCUT2D eigenvalue weighted by atomic mass is 35.5. The van der Waals surface area contributed by atoms with E-state index in [0.29, 0.717) is 6.54 Å². The molecule has 2 aromatic rings. The van der Waals surface area contributed by atoms with Crippen molar-refractivity contribution >= 4 is 21.4 Å². The van der Waals surface area contributed by atoms with Gasteiger partial charge in [-0.1, -0.05) is 35.9 Å². The van der Waals surface area contributed by atoms with Gasteiger partial charge in [0.05, 0.1) is 4.90 Å². The fourth-order valence-electron chi connectivity index (χ4n) is 3.14. The highest BCUT2D eigenvalue weighted by Gasteiger charge is 2.26. The van der Waals surface area contributed by atoms with Crippen molar-refractivity contribution in [1.29, 1.82) is 0 Å². The summed E-state index contributed by atoms with van der Waals surface area (Å²) in [6, 6.07) is 13.6. The van der Waals surface area contributed by atoms with E-state index in [1.165, 1.54) is 17.7 Å². The molecule has 0 aliphatic carbocycles. The smallest absolute Gasteiger partial charge is 0.297 e. The van der Waals surface area contributed by atoms with E-state index in [-0.39, 0.29) is 4.90 Å². The molecule has 0 bridgehead atoms. The van der Waals surface area contributed by atoms with E-state index in [1.54, 1.807) is 12.1 Å². The summed E-state index contributed by atoms with van der Waals surface area (Å²) in [5.41, 5.74) is 2.10. The lowest BCUT2D eigenvalue weighted by Gasteiger charge is -2.34. The maximum Gasteiger partial charge on any atom is 0.341 e. The molecule has 1 saturated heterocycles. The number of benzene rings is 2. The van der Waals surface area contributed by atoms with Crippen LogP contribution in [0, 0.1) is 0 Å². The predicted octanol–water partition coefficient (Wildman–Crippen LogP) is 3.65. The molecule has 1 aliphatic rings. The van der Waals surface area contributed by atoms with Crippen LogP contribution in [0.25, 0.3) is 0 Å². The Kier molecular flexibility index (Phi) is 6.47. The molecule has 0 radical (unpaired) electrons. The molecule has 0 unspecified atom stereocenters. The zero-order valence-electron chi connectivity index (χ0n) is 14.7. The number of piperazine rings is 1. The molecule has 1 aliphatic heterocycles. The molecular formula is C19H21ClF2N2O2S. The van der Waals surface area contributed by atoms with Gasteiger partial charge in [0.15, 0.2) is 0 Å². The molecule has 0 aromatic heterocycles. The zero-order valence-corrected chi connectivity index (χ0v) is 16.3. The van der Waals surface area contributed by atoms with Crippen molar-refractivity contribution in [1.82, 2.24) is 9.80 Å². The fraction of sp³-hybridized carbons (Fsp3) is 0.368. The first-order chi connectivity index (χ1) is 12.8. The molecule has 0 amide bonds. The second-order valence-corrected chi connectivity index (χ2v) is 8.99. The van der Waals surface area contributed by atoms with Gasteiger partial charge in [-0.05, 0) is 35.4 Å². The summed E-state index contributed by atoms with van der Waals surface area (Å²) in [6.07, 6.45) is 0. The van der Waals surface area contributed by atoms with Crippen molar-refractivity contribution in [2.45, 2.75) is 23.7 Å². The molecule has 146 valence electrons. The first kappa shape index (κ1) is 20.2. The van der Waals surface area contributed by atoms with Crippen LogP contribution in [0.2, 0.25) is 5.02 Å². The minimum Gasteiger partial charge on any atom is -0.297 e. The summed E-state index contributed by atoms with van der Waals surface area (Å²) < 4.78 is 48.1. The van der Waals surface area contributed by atoms with Crippen molar-refractivity contribution in [3.05, 3.63) is 64.7 Å². The Morgan fingerprint density at radius 3 is 1.96 bits per heavy atom. The Morgan fingerprint density at radius 1 is 0.889 bits per heavy atom. The number of hydrogen-bond acceptors (Lipinski definition) is 4. The van der Waals surface area contributed by atoms with E-state index in [0.717, 1.165) is 43.3 Å². The number of hydrogen-bond donors (Lipinski definition) is 0. The fourth-order valence-corrected chi connectivity index (χ4v) is 4.08. The zero-order chi connectivity index (χ0) is 19.4. The van der Waals surface area contributed by atoms with E-state index in [4.69, 9.17) is 11.6 Å². The Morgan fingerprint density at radius 2 is 1.44 bits per heavy atom. The average Bonchev–Trinajstić information content (AvgIpc) is 2.64. The Hall–Kier alpha value is -1.54. The number of alkyl halides is 2. The molecule has 8 heteroatoms. The lowest BCUT2D eigenvalue weighted by atomic mass is 10.1. The van der Waals surface area contributed by atoms with Crippen LogP contribution >= 0.6 is 11.6 Å². The van der Waals surface area contributed by atoms with E-state index >= 15 is 0 Å². The van der Waals surface area contributed by atoms with Crippen LogP contribution in [0.3, 0.4) is 0 Å². The third kappa shape index (κ3) is 5.25. The summed E-state index contributed by atoms with van der Waals surface area (Å²) in [7, 11) is -4.53. The van der Waals surface area contributed by atoms with Crippen LogP contribution in [0.4, 0.5) is 8.78 Å². The summed E-state index contributed by atoms with van der Waals surface area (Å²) >= 11 is 6.03. The van der Waals surface area contributed by atoms with E-state index in [2.05, 4.69) is 15.9 Å². The standard InChI is InChI=1S/C19H21ClF2N2O2S/c20-17-3-1-2-16(12-17)14-24-10-8-23(9-11-24)13-15-4-6-18(7-5-15)27(25,26)19(21)22/h1-7,12,19H,8-11,13-14H2. The van der Waals surface area contributed by atoms with E-state index < -0.39 is 15.6 Å². The van der Waals surface area contributed by atoms with Crippen LogP contribution in [0.5, 0.6) is 0 Å². The second-order valence-electron chi connectivity index (χ2n) is 6.63. The van der Waals surface area contributed by atoms with Crippen molar-refractivity contribution in [2.24, 2.45) is 0 Å². The maximum absolute atomic E-state index is 12.6. The average molecular weight is 415 g/mol. The summed E-state index contributed by atoms with van der Waals surface area (Å²) in [4.78, 5) is 4.29. The lowest BCUT2D eigenvalue weighted by molar-refractivity contribution is 0.122. The van der Waals surface area contributed by atoms with Gasteiger partial charge >= 0.3 is 5.76 Å². The van der Waals surface area contributed by atoms with Crippen LogP contribution in [0.15, 0.2) is 53.4 Å². The van der Waals surface area contributed by atoms with Crippen molar-refractivity contribution < 1.29 is 17.2 Å². The molecule has 0 N–H and O–H groups in total. The molecule has 2 aromatic carbocycles. The van der Waals surface area contributed by atoms with Crippen LogP contribution in [0.1, 0.15) is 11.1 Å². The molecule has 0 saturated carbocycles. The molecule has 0 spiro atoms. The highest BCUT2D eigenvalue weighted by Crippen LogP contribution is 2.20. The molecule has 1 fully saturated rings. The maximum atomic E-state index is 12.6. The van der Waals surface area contributed by atoms with Crippen LogP contribution < -0.4 is 0 Å². The minimum absolute atomic E-state index is 0.340. The molecule has 4 nitrogen and oxygen atoms in total. The largest absolute Gasteiger partial charge is 0.341 e. The quantitative estimate of drug-likeness (QED) is 0.723. The van der Waals surface area contributed by atoms with Gasteiger partial charge in [-0.3, -0.25) is 9.80 Å². The van der Waals surface area contributed by atoms with Crippen molar-refractivity contribution in [3.8, 4) is 0 Å². The third-order valence-corrected chi connectivity index (χ3v) is 6.29. The molecule has 27 heavy (non-hydrogen) atoms. The van der Waals surface area contributed by atoms with Crippen LogP contribution in [-0.4, -0.2) is 50.2 Å². The first-order valence-corrected chi connectivity index (χ1v) is 10.6. The van der Waals surface area contributed by atoms with Gasteiger partial charge in [-0.15, -0.1) is 0 Å². The van der Waals surface area contributed by atoms with E-state index in [1.807, 2.05) is 18.2 Å². The SMILES string of the molecule is O=S(=O)(c1ccc(CN2CCN(Cc3cccc(Cl)c3)CC2)cc1)C(F)F. The van der Waals surface area contributed by atoms with Crippen molar-refractivity contribution in [2.75, 3.05) is 26.2 Å². The van der Waals surface area contributed by atoms with Gasteiger partial charge in [0.25, 0.3) is 0 Å². The number of nitrogens with zero attached hydrogens (tertiary/aromatic N) is 2. The van der Waals surface area contributed by atoms with Gasteiger partial charge in [0, 0.05) is 44.3 Å². The Balaban J connectivity index is 1.52. The second kappa shape index (κ2) is 8.65. The van der Waals surface area contributed by atoms with Crippen molar-refractivity contribution in [3.63, 3.8) is 0 Å². The van der Waals surface area contributed by atoms with E-state index in [9.17, 15) is 17.2 Å². The lowest BCUT2D eigenvalue weighted by Crippen LogP contribution is -2.45. The normalized spacial score (nSPS) is 16.7. The topological polar surface area (TPSA) is 40.6 Å². The monoisotopic (exact) mass is 414 g/mol. The Bertz CT molecular complexity index is 868. The number of sulfone groups is 1. The number of halogens is 3. The van der Waals surface area contributed by atoms with Gasteiger partial charge in [-0.2, -0.15) is 8.78 Å². The Labute approximate surface area is 163 Å². The molecule has 0 atom stereocenters. The third-order valence-electron chi connectivity index (χ3n) is 4.65. The molecule has 3 rings (SSSR count). The van der Waals surface area contributed by atoms with Gasteiger partial charge < -0.3 is 0 Å². The summed E-state index contributed by atoms with van der Waals surface area (Å²) in [6.45, 7) is 5.14. The molecular weight excluding hydrogens is 394 g/mol.